The largest absolute Gasteiger partial charge is 0.493 e. The number of carbonyl (C=O) groups excluding carboxylic acids is 2. The van der Waals surface area contributed by atoms with Crippen LogP contribution in [0.3, 0.4) is 0 Å². The van der Waals surface area contributed by atoms with E-state index in [0.717, 1.165) is 11.1 Å². The van der Waals surface area contributed by atoms with Gasteiger partial charge in [0.25, 0.3) is 0 Å². The number of nitrogens with two attached hydrogens (primary N) is 1. The summed E-state index contributed by atoms with van der Waals surface area (Å²) >= 11 is 0. The van der Waals surface area contributed by atoms with Crippen molar-refractivity contribution < 1.29 is 19.1 Å². The fraction of sp³-hybridized carbons (Fsp3) is 0.200. The third-order valence-electron chi connectivity index (χ3n) is 3.87. The zero-order valence-corrected chi connectivity index (χ0v) is 15.5. The molecule has 142 valence electrons. The third-order valence-corrected chi connectivity index (χ3v) is 3.87. The smallest absolute Gasteiger partial charge is 0.316 e. The van der Waals surface area contributed by atoms with Gasteiger partial charge in [0.05, 0.1) is 20.3 Å². The number of urea groups is 1. The molecule has 0 fully saturated rings. The van der Waals surface area contributed by atoms with Crippen molar-refractivity contribution in [3.63, 3.8) is 0 Å². The molecule has 2 aromatic carbocycles. The van der Waals surface area contributed by atoms with Crippen molar-refractivity contribution in [2.24, 2.45) is 5.73 Å². The molecule has 27 heavy (non-hydrogen) atoms. The number of benzene rings is 2. The molecule has 7 nitrogen and oxygen atoms in total. The van der Waals surface area contributed by atoms with Gasteiger partial charge in [0.15, 0.2) is 11.5 Å². The van der Waals surface area contributed by atoms with Crippen LogP contribution in [0.25, 0.3) is 6.08 Å². The Hall–Kier alpha value is -3.48. The van der Waals surface area contributed by atoms with Crippen LogP contribution < -0.4 is 25.8 Å². The van der Waals surface area contributed by atoms with Crippen LogP contribution in [0.1, 0.15) is 24.1 Å². The molecule has 0 bridgehead atoms. The first kappa shape index (κ1) is 19.8. The lowest BCUT2D eigenvalue weighted by molar-refractivity contribution is -0.117. The van der Waals surface area contributed by atoms with Gasteiger partial charge < -0.3 is 25.8 Å². The number of hydrogen-bond donors (Lipinski definition) is 3. The average Bonchev–Trinajstić information content (AvgIpc) is 2.66. The van der Waals surface area contributed by atoms with Crippen molar-refractivity contribution in [3.8, 4) is 11.5 Å². The van der Waals surface area contributed by atoms with Gasteiger partial charge >= 0.3 is 6.03 Å². The second kappa shape index (κ2) is 9.28. The van der Waals surface area contributed by atoms with Gasteiger partial charge in [-0.15, -0.1) is 0 Å². The summed E-state index contributed by atoms with van der Waals surface area (Å²) in [7, 11) is 3.13. The first-order valence-corrected chi connectivity index (χ1v) is 8.30. The van der Waals surface area contributed by atoms with Crippen molar-refractivity contribution in [2.45, 2.75) is 13.0 Å². The molecule has 0 spiro atoms. The highest BCUT2D eigenvalue weighted by atomic mass is 16.5. The Morgan fingerprint density at radius 1 is 1.04 bits per heavy atom. The average molecular weight is 369 g/mol. The van der Waals surface area contributed by atoms with Crippen LogP contribution >= 0.6 is 0 Å². The molecule has 3 amide bonds. The van der Waals surface area contributed by atoms with E-state index in [2.05, 4.69) is 10.6 Å². The highest BCUT2D eigenvalue weighted by molar-refractivity contribution is 5.92. The van der Waals surface area contributed by atoms with Crippen molar-refractivity contribution in [1.82, 2.24) is 5.32 Å². The van der Waals surface area contributed by atoms with Gasteiger partial charge in [0.2, 0.25) is 5.91 Å². The highest BCUT2D eigenvalue weighted by Crippen LogP contribution is 2.28. The number of nitrogens with one attached hydrogen (secondary N) is 2. The number of ether oxygens (including phenoxy) is 2. The summed E-state index contributed by atoms with van der Waals surface area (Å²) in [6, 6.07) is 11.7. The molecule has 1 atom stereocenters. The minimum Gasteiger partial charge on any atom is -0.493 e. The Morgan fingerprint density at radius 3 is 2.30 bits per heavy atom. The van der Waals surface area contributed by atoms with E-state index < -0.39 is 6.03 Å². The predicted octanol–water partition coefficient (Wildman–Crippen LogP) is 3.09. The fourth-order valence-electron chi connectivity index (χ4n) is 2.47. The highest BCUT2D eigenvalue weighted by Gasteiger charge is 2.08. The number of hydrogen-bond acceptors (Lipinski definition) is 4. The third kappa shape index (κ3) is 5.78. The molecule has 4 N–H and O–H groups in total. The van der Waals surface area contributed by atoms with Gasteiger partial charge in [-0.05, 0) is 48.4 Å². The summed E-state index contributed by atoms with van der Waals surface area (Å²) in [4.78, 5) is 23.0. The summed E-state index contributed by atoms with van der Waals surface area (Å²) in [6.07, 6.45) is 3.16. The van der Waals surface area contributed by atoms with E-state index in [4.69, 9.17) is 15.2 Å². The van der Waals surface area contributed by atoms with E-state index in [1.807, 2.05) is 25.1 Å². The van der Waals surface area contributed by atoms with Crippen LogP contribution in [0, 0.1) is 0 Å². The molecule has 0 aliphatic carbocycles. The SMILES string of the molecule is COc1ccc(/C=C/C(=O)N[C@@H](C)c2ccc(NC(N)=O)cc2)cc1OC. The van der Waals surface area contributed by atoms with E-state index in [1.165, 1.54) is 6.08 Å². The number of methoxy groups -OCH3 is 2. The first-order chi connectivity index (χ1) is 12.9. The first-order valence-electron chi connectivity index (χ1n) is 8.30. The van der Waals surface area contributed by atoms with E-state index in [9.17, 15) is 9.59 Å². The van der Waals surface area contributed by atoms with E-state index in [-0.39, 0.29) is 11.9 Å². The van der Waals surface area contributed by atoms with Crippen LogP contribution in [0.4, 0.5) is 10.5 Å². The van der Waals surface area contributed by atoms with Crippen LogP contribution in [-0.4, -0.2) is 26.2 Å². The summed E-state index contributed by atoms with van der Waals surface area (Å²) < 4.78 is 10.4. The Morgan fingerprint density at radius 2 is 1.70 bits per heavy atom. The van der Waals surface area contributed by atoms with Gasteiger partial charge in [-0.3, -0.25) is 4.79 Å². The van der Waals surface area contributed by atoms with Gasteiger partial charge in [-0.1, -0.05) is 18.2 Å². The maximum Gasteiger partial charge on any atom is 0.316 e. The van der Waals surface area contributed by atoms with Crippen molar-refractivity contribution in [1.29, 1.82) is 0 Å². The molecule has 0 aromatic heterocycles. The molecule has 0 radical (unpaired) electrons. The molecular formula is C20H23N3O4. The maximum atomic E-state index is 12.2. The van der Waals surface area contributed by atoms with Gasteiger partial charge in [0, 0.05) is 11.8 Å². The van der Waals surface area contributed by atoms with Gasteiger partial charge in [-0.2, -0.15) is 0 Å². The minimum atomic E-state index is -0.621. The standard InChI is InChI=1S/C20H23N3O4/c1-13(15-6-8-16(9-7-15)23-20(21)25)22-19(24)11-5-14-4-10-17(26-2)18(12-14)27-3/h4-13H,1-3H3,(H,22,24)(H3,21,23,25)/b11-5+/t13-/m0/s1. The zero-order chi connectivity index (χ0) is 19.8. The van der Waals surface area contributed by atoms with Crippen molar-refractivity contribution >= 4 is 23.7 Å². The lowest BCUT2D eigenvalue weighted by atomic mass is 10.1. The number of amides is 3. The normalized spacial score (nSPS) is 11.7. The lowest BCUT2D eigenvalue weighted by Gasteiger charge is -2.13. The molecule has 0 saturated heterocycles. The molecule has 0 aliphatic heterocycles. The number of anilines is 1. The fourth-order valence-corrected chi connectivity index (χ4v) is 2.47. The molecular weight excluding hydrogens is 346 g/mol. The Kier molecular flexibility index (Phi) is 6.82. The Balaban J connectivity index is 1.98. The topological polar surface area (TPSA) is 103 Å². The Labute approximate surface area is 158 Å². The number of rotatable bonds is 7. The van der Waals surface area contributed by atoms with Crippen molar-refractivity contribution in [3.05, 3.63) is 59.7 Å². The Bertz CT molecular complexity index is 832. The quantitative estimate of drug-likeness (QED) is 0.653. The maximum absolute atomic E-state index is 12.2. The van der Waals surface area contributed by atoms with Crippen LogP contribution in [0.5, 0.6) is 11.5 Å². The number of carbonyl (C=O) groups is 2. The number of primary amides is 1. The van der Waals surface area contributed by atoms with Crippen LogP contribution in [0.15, 0.2) is 48.5 Å². The summed E-state index contributed by atoms with van der Waals surface area (Å²) in [5.41, 5.74) is 7.39. The molecule has 7 heteroatoms. The van der Waals surface area contributed by atoms with E-state index in [1.54, 1.807) is 44.6 Å². The molecule has 0 saturated carbocycles. The van der Waals surface area contributed by atoms with Gasteiger partial charge in [-0.25, -0.2) is 4.79 Å². The second-order valence-corrected chi connectivity index (χ2v) is 5.79. The molecule has 0 aliphatic rings. The zero-order valence-electron chi connectivity index (χ0n) is 15.5. The summed E-state index contributed by atoms with van der Waals surface area (Å²) in [6.45, 7) is 1.87. The lowest BCUT2D eigenvalue weighted by Crippen LogP contribution is -2.24. The van der Waals surface area contributed by atoms with Crippen molar-refractivity contribution in [2.75, 3.05) is 19.5 Å². The molecule has 0 unspecified atom stereocenters. The monoisotopic (exact) mass is 369 g/mol. The summed E-state index contributed by atoms with van der Waals surface area (Å²) in [5, 5.41) is 5.37. The minimum absolute atomic E-state index is 0.199. The van der Waals surface area contributed by atoms with Crippen LogP contribution in [0.2, 0.25) is 0 Å². The summed E-state index contributed by atoms with van der Waals surface area (Å²) in [5.74, 6) is 0.997. The molecule has 2 rings (SSSR count). The molecule has 2 aromatic rings. The van der Waals surface area contributed by atoms with E-state index >= 15 is 0 Å². The van der Waals surface area contributed by atoms with Gasteiger partial charge in [0.1, 0.15) is 0 Å². The predicted molar refractivity (Wildman–Crippen MR) is 105 cm³/mol. The second-order valence-electron chi connectivity index (χ2n) is 5.79. The van der Waals surface area contributed by atoms with Crippen LogP contribution in [-0.2, 0) is 4.79 Å². The van der Waals surface area contributed by atoms with E-state index in [0.29, 0.717) is 17.2 Å². The molecule has 0 heterocycles.